The van der Waals surface area contributed by atoms with E-state index in [4.69, 9.17) is 5.73 Å². The predicted octanol–water partition coefficient (Wildman–Crippen LogP) is 2.01. The third-order valence-electron chi connectivity index (χ3n) is 5.03. The van der Waals surface area contributed by atoms with Gasteiger partial charge < -0.3 is 5.73 Å². The van der Waals surface area contributed by atoms with Crippen molar-refractivity contribution in [2.45, 2.75) is 44.2 Å². The van der Waals surface area contributed by atoms with Gasteiger partial charge in [-0.3, -0.25) is 4.90 Å². The van der Waals surface area contributed by atoms with E-state index in [1.165, 1.54) is 38.6 Å². The van der Waals surface area contributed by atoms with Crippen molar-refractivity contribution in [1.29, 1.82) is 0 Å². The van der Waals surface area contributed by atoms with Crippen LogP contribution in [0.25, 0.3) is 0 Å². The highest BCUT2D eigenvalue weighted by atomic mass is 15.2. The molecule has 0 spiro atoms. The summed E-state index contributed by atoms with van der Waals surface area (Å²) in [5.41, 5.74) is 6.38. The first-order valence-corrected chi connectivity index (χ1v) is 6.90. The molecule has 2 heteroatoms. The Morgan fingerprint density at radius 1 is 1.19 bits per heavy atom. The second kappa shape index (κ2) is 4.15. The van der Waals surface area contributed by atoms with Gasteiger partial charge in [-0.1, -0.05) is 6.08 Å². The molecule has 3 aliphatic carbocycles. The highest BCUT2D eigenvalue weighted by Gasteiger charge is 2.46. The third-order valence-corrected chi connectivity index (χ3v) is 5.03. The summed E-state index contributed by atoms with van der Waals surface area (Å²) in [5.74, 6) is 2.56. The first-order valence-electron chi connectivity index (χ1n) is 6.90. The van der Waals surface area contributed by atoms with E-state index in [1.54, 1.807) is 0 Å². The monoisotopic (exact) mass is 220 g/mol. The summed E-state index contributed by atoms with van der Waals surface area (Å²) in [5, 5.41) is 0. The first-order chi connectivity index (χ1) is 7.79. The summed E-state index contributed by atoms with van der Waals surface area (Å²) >= 11 is 0. The van der Waals surface area contributed by atoms with Crippen LogP contribution in [0.3, 0.4) is 0 Å². The summed E-state index contributed by atoms with van der Waals surface area (Å²) in [6, 6.07) is 1.34. The molecule has 0 aromatic carbocycles. The molecule has 4 atom stereocenters. The molecule has 0 aromatic heterocycles. The number of hydrogen-bond acceptors (Lipinski definition) is 2. The van der Waals surface area contributed by atoms with Crippen LogP contribution in [0.4, 0.5) is 0 Å². The Labute approximate surface area is 98.9 Å². The first kappa shape index (κ1) is 10.8. The van der Waals surface area contributed by atoms with Crippen LogP contribution in [0, 0.1) is 17.8 Å². The van der Waals surface area contributed by atoms with Crippen molar-refractivity contribution in [3.63, 3.8) is 0 Å². The van der Waals surface area contributed by atoms with Crippen LogP contribution in [0.2, 0.25) is 0 Å². The van der Waals surface area contributed by atoms with Gasteiger partial charge in [0.15, 0.2) is 0 Å². The third kappa shape index (κ3) is 1.82. The minimum Gasteiger partial charge on any atom is -0.327 e. The molecule has 3 aliphatic rings. The van der Waals surface area contributed by atoms with Crippen molar-refractivity contribution in [3.8, 4) is 0 Å². The summed E-state index contributed by atoms with van der Waals surface area (Å²) in [7, 11) is 0. The topological polar surface area (TPSA) is 29.3 Å². The van der Waals surface area contributed by atoms with Crippen LogP contribution >= 0.6 is 0 Å². The summed E-state index contributed by atoms with van der Waals surface area (Å²) in [4.78, 5) is 2.62. The molecule has 4 unspecified atom stereocenters. The van der Waals surface area contributed by atoms with Crippen molar-refractivity contribution >= 4 is 0 Å². The van der Waals surface area contributed by atoms with E-state index in [-0.39, 0.29) is 0 Å². The molecule has 2 N–H and O–H groups in total. The van der Waals surface area contributed by atoms with Crippen LogP contribution < -0.4 is 5.73 Å². The Balaban J connectivity index is 1.62. The molecule has 3 rings (SSSR count). The van der Waals surface area contributed by atoms with Crippen LogP contribution in [-0.2, 0) is 0 Å². The van der Waals surface area contributed by atoms with E-state index >= 15 is 0 Å². The van der Waals surface area contributed by atoms with E-state index in [0.29, 0.717) is 6.04 Å². The summed E-state index contributed by atoms with van der Waals surface area (Å²) in [6.07, 6.45) is 9.09. The quantitative estimate of drug-likeness (QED) is 0.718. The van der Waals surface area contributed by atoms with Crippen molar-refractivity contribution in [2.24, 2.45) is 23.5 Å². The molecule has 0 aliphatic heterocycles. The standard InChI is InChI=1S/C14H24N2/c1-2-7-16(12-5-6-12)9-13-10-3-4-11(8-10)14(13)15/h2,10-14H,1,3-9,15H2. The van der Waals surface area contributed by atoms with Gasteiger partial charge in [0.2, 0.25) is 0 Å². The molecule has 3 fully saturated rings. The molecule has 90 valence electrons. The number of hydrogen-bond donors (Lipinski definition) is 1. The SMILES string of the molecule is C=CCN(CC1C2CCC(C2)C1N)C1CC1. The van der Waals surface area contributed by atoms with Crippen LogP contribution in [0.5, 0.6) is 0 Å². The molecule has 0 amide bonds. The maximum absolute atomic E-state index is 6.38. The zero-order chi connectivity index (χ0) is 11.1. The zero-order valence-corrected chi connectivity index (χ0v) is 10.1. The number of rotatable bonds is 5. The minimum atomic E-state index is 0.491. The highest BCUT2D eigenvalue weighted by molar-refractivity contribution is 5.01. The fraction of sp³-hybridized carbons (Fsp3) is 0.857. The van der Waals surface area contributed by atoms with E-state index in [9.17, 15) is 0 Å². The lowest BCUT2D eigenvalue weighted by Gasteiger charge is -2.33. The molecular weight excluding hydrogens is 196 g/mol. The molecule has 2 nitrogen and oxygen atoms in total. The summed E-state index contributed by atoms with van der Waals surface area (Å²) in [6.45, 7) is 6.18. The number of nitrogens with two attached hydrogens (primary N) is 1. The fourth-order valence-electron chi connectivity index (χ4n) is 3.97. The van der Waals surface area contributed by atoms with Gasteiger partial charge in [-0.15, -0.1) is 6.58 Å². The second-order valence-electron chi connectivity index (χ2n) is 6.05. The van der Waals surface area contributed by atoms with E-state index < -0.39 is 0 Å². The average Bonchev–Trinajstić information content (AvgIpc) is 2.95. The Bertz CT molecular complexity index is 270. The van der Waals surface area contributed by atoms with E-state index in [1.807, 2.05) is 0 Å². The van der Waals surface area contributed by atoms with Crippen LogP contribution in [0.15, 0.2) is 12.7 Å². The van der Waals surface area contributed by atoms with Gasteiger partial charge in [0.1, 0.15) is 0 Å². The van der Waals surface area contributed by atoms with Crippen molar-refractivity contribution in [2.75, 3.05) is 13.1 Å². The molecular formula is C14H24N2. The number of fused-ring (bicyclic) bond motifs is 2. The molecule has 0 heterocycles. The molecule has 0 radical (unpaired) electrons. The smallest absolute Gasteiger partial charge is 0.0163 e. The van der Waals surface area contributed by atoms with Crippen LogP contribution in [-0.4, -0.2) is 30.1 Å². The van der Waals surface area contributed by atoms with Crippen molar-refractivity contribution in [3.05, 3.63) is 12.7 Å². The van der Waals surface area contributed by atoms with Gasteiger partial charge in [-0.25, -0.2) is 0 Å². The average molecular weight is 220 g/mol. The number of nitrogens with zero attached hydrogens (tertiary/aromatic N) is 1. The van der Waals surface area contributed by atoms with Gasteiger partial charge in [0, 0.05) is 25.2 Å². The van der Waals surface area contributed by atoms with Crippen molar-refractivity contribution < 1.29 is 0 Å². The lowest BCUT2D eigenvalue weighted by Crippen LogP contribution is -2.43. The van der Waals surface area contributed by atoms with Crippen LogP contribution in [0.1, 0.15) is 32.1 Å². The second-order valence-corrected chi connectivity index (χ2v) is 6.05. The Hall–Kier alpha value is -0.340. The maximum Gasteiger partial charge on any atom is 0.0163 e. The lowest BCUT2D eigenvalue weighted by molar-refractivity contribution is 0.180. The molecule has 0 aromatic rings. The molecule has 2 bridgehead atoms. The molecule has 16 heavy (non-hydrogen) atoms. The Morgan fingerprint density at radius 3 is 2.50 bits per heavy atom. The zero-order valence-electron chi connectivity index (χ0n) is 10.1. The minimum absolute atomic E-state index is 0.491. The maximum atomic E-state index is 6.38. The molecule has 3 saturated carbocycles. The van der Waals surface area contributed by atoms with E-state index in [2.05, 4.69) is 17.6 Å². The normalized spacial score (nSPS) is 41.9. The van der Waals surface area contributed by atoms with Gasteiger partial charge >= 0.3 is 0 Å². The highest BCUT2D eigenvalue weighted by Crippen LogP contribution is 2.48. The molecule has 0 saturated heterocycles. The summed E-state index contributed by atoms with van der Waals surface area (Å²) < 4.78 is 0. The Kier molecular flexibility index (Phi) is 2.80. The lowest BCUT2D eigenvalue weighted by atomic mass is 9.84. The fourth-order valence-corrected chi connectivity index (χ4v) is 3.97. The predicted molar refractivity (Wildman–Crippen MR) is 67.1 cm³/mol. The largest absolute Gasteiger partial charge is 0.327 e. The van der Waals surface area contributed by atoms with Gasteiger partial charge in [-0.2, -0.15) is 0 Å². The van der Waals surface area contributed by atoms with Gasteiger partial charge in [0.25, 0.3) is 0 Å². The van der Waals surface area contributed by atoms with E-state index in [0.717, 1.165) is 30.3 Å². The van der Waals surface area contributed by atoms with Gasteiger partial charge in [0.05, 0.1) is 0 Å². The van der Waals surface area contributed by atoms with Crippen molar-refractivity contribution in [1.82, 2.24) is 4.90 Å². The van der Waals surface area contributed by atoms with Gasteiger partial charge in [-0.05, 0) is 49.9 Å². The Morgan fingerprint density at radius 2 is 1.94 bits per heavy atom.